The molecule has 1 aromatic carbocycles. The molecule has 27 heavy (non-hydrogen) atoms. The van der Waals surface area contributed by atoms with Gasteiger partial charge in [-0.3, -0.25) is 25.1 Å². The summed E-state index contributed by atoms with van der Waals surface area (Å²) in [6.45, 7) is 0.626. The molecule has 0 saturated carbocycles. The first-order valence-corrected chi connectivity index (χ1v) is 10.3. The molecule has 3 rings (SSSR count). The molecule has 0 radical (unpaired) electrons. The second-order valence-corrected chi connectivity index (χ2v) is 8.60. The standard InChI is InChI=1S/C18H20N4O4S/c23-17(20-21-18(24)16-8-9-27(25,26)13-16)7-6-15-10-19-22(12-15)11-14-4-2-1-3-5-14/h1-7,10,12,16H,8-9,11,13H2,(H,20,23)(H,21,24)/b7-6+/t16-/m0/s1. The van der Waals surface area contributed by atoms with E-state index in [-0.39, 0.29) is 17.9 Å². The third-order valence-electron chi connectivity index (χ3n) is 4.18. The van der Waals surface area contributed by atoms with E-state index in [1.807, 2.05) is 30.3 Å². The van der Waals surface area contributed by atoms with Gasteiger partial charge in [0.15, 0.2) is 9.84 Å². The summed E-state index contributed by atoms with van der Waals surface area (Å²) in [5, 5.41) is 4.24. The molecule has 1 fully saturated rings. The summed E-state index contributed by atoms with van der Waals surface area (Å²) in [4.78, 5) is 23.7. The second-order valence-electron chi connectivity index (χ2n) is 6.37. The van der Waals surface area contributed by atoms with Crippen molar-refractivity contribution < 1.29 is 18.0 Å². The van der Waals surface area contributed by atoms with Gasteiger partial charge >= 0.3 is 0 Å². The van der Waals surface area contributed by atoms with Gasteiger partial charge in [0.1, 0.15) is 0 Å². The minimum Gasteiger partial charge on any atom is -0.273 e. The minimum atomic E-state index is -3.14. The fourth-order valence-corrected chi connectivity index (χ4v) is 4.50. The molecule has 0 bridgehead atoms. The number of rotatable bonds is 5. The van der Waals surface area contributed by atoms with E-state index in [4.69, 9.17) is 0 Å². The third kappa shape index (κ3) is 5.52. The quantitative estimate of drug-likeness (QED) is 0.573. The van der Waals surface area contributed by atoms with E-state index < -0.39 is 27.6 Å². The predicted molar refractivity (Wildman–Crippen MR) is 99.9 cm³/mol. The van der Waals surface area contributed by atoms with Crippen LogP contribution in [0.1, 0.15) is 17.5 Å². The number of sulfone groups is 1. The van der Waals surface area contributed by atoms with E-state index in [0.717, 1.165) is 11.1 Å². The van der Waals surface area contributed by atoms with Crippen LogP contribution < -0.4 is 10.9 Å². The Balaban J connectivity index is 1.47. The molecule has 9 heteroatoms. The van der Waals surface area contributed by atoms with Crippen molar-refractivity contribution in [1.82, 2.24) is 20.6 Å². The maximum absolute atomic E-state index is 11.9. The van der Waals surface area contributed by atoms with Crippen LogP contribution in [0.2, 0.25) is 0 Å². The van der Waals surface area contributed by atoms with Gasteiger partial charge in [-0.2, -0.15) is 5.10 Å². The van der Waals surface area contributed by atoms with E-state index in [9.17, 15) is 18.0 Å². The molecular weight excluding hydrogens is 368 g/mol. The first-order chi connectivity index (χ1) is 12.9. The van der Waals surface area contributed by atoms with Crippen molar-refractivity contribution in [3.63, 3.8) is 0 Å². The highest BCUT2D eigenvalue weighted by Crippen LogP contribution is 2.17. The van der Waals surface area contributed by atoms with Gasteiger partial charge in [0.25, 0.3) is 5.91 Å². The zero-order chi connectivity index (χ0) is 19.3. The summed E-state index contributed by atoms with van der Waals surface area (Å²) in [5.74, 6) is -1.79. The van der Waals surface area contributed by atoms with Crippen LogP contribution in [0.25, 0.3) is 6.08 Å². The molecule has 2 amide bonds. The lowest BCUT2D eigenvalue weighted by molar-refractivity contribution is -0.129. The smallest absolute Gasteiger partial charge is 0.262 e. The van der Waals surface area contributed by atoms with Crippen LogP contribution in [-0.2, 0) is 26.0 Å². The molecule has 8 nitrogen and oxygen atoms in total. The van der Waals surface area contributed by atoms with Crippen molar-refractivity contribution in [2.75, 3.05) is 11.5 Å². The normalized spacial score (nSPS) is 18.4. The number of aromatic nitrogens is 2. The molecule has 1 aliphatic heterocycles. The Bertz CT molecular complexity index is 951. The number of carbonyl (C=O) groups is 2. The molecular formula is C18H20N4O4S. The fraction of sp³-hybridized carbons (Fsp3) is 0.278. The van der Waals surface area contributed by atoms with Crippen molar-refractivity contribution in [3.8, 4) is 0 Å². The van der Waals surface area contributed by atoms with Gasteiger partial charge in [-0.25, -0.2) is 8.42 Å². The number of benzene rings is 1. The van der Waals surface area contributed by atoms with Gasteiger partial charge < -0.3 is 0 Å². The topological polar surface area (TPSA) is 110 Å². The highest BCUT2D eigenvalue weighted by molar-refractivity contribution is 7.91. The van der Waals surface area contributed by atoms with E-state index in [1.54, 1.807) is 23.2 Å². The molecule has 0 aliphatic carbocycles. The average molecular weight is 388 g/mol. The predicted octanol–water partition coefficient (Wildman–Crippen LogP) is 0.527. The number of nitrogens with zero attached hydrogens (tertiary/aromatic N) is 2. The van der Waals surface area contributed by atoms with Gasteiger partial charge in [0.2, 0.25) is 5.91 Å². The Kier molecular flexibility index (Phi) is 5.70. The number of nitrogens with one attached hydrogen (secondary N) is 2. The van der Waals surface area contributed by atoms with Crippen LogP contribution in [0.4, 0.5) is 0 Å². The van der Waals surface area contributed by atoms with Gasteiger partial charge in [0.05, 0.1) is 30.2 Å². The molecule has 142 valence electrons. The zero-order valence-corrected chi connectivity index (χ0v) is 15.4. The zero-order valence-electron chi connectivity index (χ0n) is 14.5. The van der Waals surface area contributed by atoms with E-state index >= 15 is 0 Å². The summed E-state index contributed by atoms with van der Waals surface area (Å²) in [5.41, 5.74) is 6.38. The molecule has 1 aromatic heterocycles. The molecule has 0 unspecified atom stereocenters. The molecule has 2 heterocycles. The van der Waals surface area contributed by atoms with E-state index in [1.165, 1.54) is 6.08 Å². The molecule has 1 atom stereocenters. The summed E-state index contributed by atoms with van der Waals surface area (Å²) >= 11 is 0. The van der Waals surface area contributed by atoms with Crippen molar-refractivity contribution in [2.45, 2.75) is 13.0 Å². The minimum absolute atomic E-state index is 0.00586. The fourth-order valence-electron chi connectivity index (χ4n) is 2.76. The number of hydrogen-bond donors (Lipinski definition) is 2. The third-order valence-corrected chi connectivity index (χ3v) is 5.95. The largest absolute Gasteiger partial charge is 0.273 e. The maximum Gasteiger partial charge on any atom is 0.262 e. The number of amides is 2. The SMILES string of the molecule is O=C(/C=C/c1cnn(Cc2ccccc2)c1)NNC(=O)[C@H]1CCS(=O)(=O)C1. The number of hydrazine groups is 1. The average Bonchev–Trinajstić information content (AvgIpc) is 3.24. The van der Waals surface area contributed by atoms with Crippen LogP contribution in [-0.4, -0.2) is 41.5 Å². The van der Waals surface area contributed by atoms with Crippen LogP contribution >= 0.6 is 0 Å². The van der Waals surface area contributed by atoms with Crippen molar-refractivity contribution in [2.24, 2.45) is 5.92 Å². The van der Waals surface area contributed by atoms with E-state index in [2.05, 4.69) is 16.0 Å². The molecule has 2 aromatic rings. The Labute approximate surface area is 157 Å². The monoisotopic (exact) mass is 388 g/mol. The summed E-state index contributed by atoms with van der Waals surface area (Å²) < 4.78 is 24.5. The van der Waals surface area contributed by atoms with Gasteiger partial charge in [-0.1, -0.05) is 30.3 Å². The van der Waals surface area contributed by atoms with Gasteiger partial charge in [0, 0.05) is 17.8 Å². The van der Waals surface area contributed by atoms with Crippen molar-refractivity contribution in [3.05, 3.63) is 59.9 Å². The van der Waals surface area contributed by atoms with Crippen LogP contribution in [0, 0.1) is 5.92 Å². The number of hydrogen-bond acceptors (Lipinski definition) is 5. The lowest BCUT2D eigenvalue weighted by Gasteiger charge is -2.09. The summed E-state index contributed by atoms with van der Waals surface area (Å²) in [6, 6.07) is 9.87. The van der Waals surface area contributed by atoms with Crippen LogP contribution in [0.15, 0.2) is 48.8 Å². The number of carbonyl (C=O) groups excluding carboxylic acids is 2. The highest BCUT2D eigenvalue weighted by Gasteiger charge is 2.32. The second kappa shape index (κ2) is 8.17. The Hall–Kier alpha value is -2.94. The van der Waals surface area contributed by atoms with Crippen LogP contribution in [0.3, 0.4) is 0 Å². The van der Waals surface area contributed by atoms with Crippen LogP contribution in [0.5, 0.6) is 0 Å². The Morgan fingerprint density at radius 1 is 1.22 bits per heavy atom. The highest BCUT2D eigenvalue weighted by atomic mass is 32.2. The van der Waals surface area contributed by atoms with Crippen molar-refractivity contribution in [1.29, 1.82) is 0 Å². The maximum atomic E-state index is 11.9. The Morgan fingerprint density at radius 3 is 2.70 bits per heavy atom. The molecule has 0 spiro atoms. The molecule has 1 aliphatic rings. The first kappa shape index (κ1) is 18.8. The lowest BCUT2D eigenvalue weighted by atomic mass is 10.1. The summed E-state index contributed by atoms with van der Waals surface area (Å²) in [7, 11) is -3.14. The van der Waals surface area contributed by atoms with E-state index in [0.29, 0.717) is 6.54 Å². The molecule has 1 saturated heterocycles. The molecule has 2 N–H and O–H groups in total. The van der Waals surface area contributed by atoms with Gasteiger partial charge in [-0.15, -0.1) is 0 Å². The summed E-state index contributed by atoms with van der Waals surface area (Å²) in [6.07, 6.45) is 6.57. The van der Waals surface area contributed by atoms with Crippen molar-refractivity contribution >= 4 is 27.7 Å². The lowest BCUT2D eigenvalue weighted by Crippen LogP contribution is -2.44. The van der Waals surface area contributed by atoms with Gasteiger partial charge in [-0.05, 0) is 18.1 Å². The Morgan fingerprint density at radius 2 is 2.00 bits per heavy atom. The first-order valence-electron chi connectivity index (χ1n) is 8.46.